The Hall–Kier alpha value is -1.20. The Morgan fingerprint density at radius 2 is 2.22 bits per heavy atom. The number of ether oxygens (including phenoxy) is 1. The van der Waals surface area contributed by atoms with Gasteiger partial charge in [-0.3, -0.25) is 0 Å². The van der Waals surface area contributed by atoms with Gasteiger partial charge in [0, 0.05) is 30.9 Å². The summed E-state index contributed by atoms with van der Waals surface area (Å²) in [5.74, 6) is 8.09. The lowest BCUT2D eigenvalue weighted by molar-refractivity contribution is 0.185. The molecule has 18 heavy (non-hydrogen) atoms. The van der Waals surface area contributed by atoms with Gasteiger partial charge in [0.05, 0.1) is 0 Å². The van der Waals surface area contributed by atoms with Crippen LogP contribution < -0.4 is 11.3 Å². The smallest absolute Gasteiger partial charge is 0.147 e. The average Bonchev–Trinajstić information content (AvgIpc) is 2.80. The fourth-order valence-electron chi connectivity index (χ4n) is 2.53. The quantitative estimate of drug-likeness (QED) is 0.629. The largest absolute Gasteiger partial charge is 0.381 e. The van der Waals surface area contributed by atoms with E-state index in [1.807, 2.05) is 6.92 Å². The zero-order valence-corrected chi connectivity index (χ0v) is 11.4. The molecule has 3 N–H and O–H groups in total. The maximum Gasteiger partial charge on any atom is 0.147 e. The van der Waals surface area contributed by atoms with E-state index in [1.54, 1.807) is 0 Å². The maximum atomic E-state index is 5.57. The summed E-state index contributed by atoms with van der Waals surface area (Å²) in [6.45, 7) is 7.94. The Bertz CT molecular complexity index is 414. The van der Waals surface area contributed by atoms with Crippen LogP contribution in [0.15, 0.2) is 0 Å². The molecule has 2 heterocycles. The first-order valence-electron chi connectivity index (χ1n) is 6.53. The second-order valence-corrected chi connectivity index (χ2v) is 5.22. The van der Waals surface area contributed by atoms with E-state index in [9.17, 15) is 0 Å². The number of nitrogens with two attached hydrogens (primary N) is 1. The topological polar surface area (TPSA) is 73.1 Å². The van der Waals surface area contributed by atoms with Gasteiger partial charge in [0.25, 0.3) is 0 Å². The third kappa shape index (κ3) is 2.79. The molecule has 1 aliphatic rings. The van der Waals surface area contributed by atoms with Crippen molar-refractivity contribution in [2.75, 3.05) is 18.6 Å². The second-order valence-electron chi connectivity index (χ2n) is 5.22. The van der Waals surface area contributed by atoms with Crippen LogP contribution in [-0.4, -0.2) is 23.2 Å². The predicted octanol–water partition coefficient (Wildman–Crippen LogP) is 1.77. The van der Waals surface area contributed by atoms with Gasteiger partial charge in [-0.2, -0.15) is 0 Å². The molecule has 5 nitrogen and oxygen atoms in total. The summed E-state index contributed by atoms with van der Waals surface area (Å²) < 4.78 is 5.38. The first-order valence-corrected chi connectivity index (χ1v) is 6.53. The molecule has 1 aromatic heterocycles. The molecule has 2 rings (SSSR count). The molecule has 0 radical (unpaired) electrons. The standard InChI is InChI=1S/C13H22N4O/c1-8(2)12-9(3)15-11(16-13(12)17-14)6-10-4-5-18-7-10/h8,10H,4-7,14H2,1-3H3,(H,15,16,17). The lowest BCUT2D eigenvalue weighted by Crippen LogP contribution is -2.17. The molecule has 0 aromatic carbocycles. The van der Waals surface area contributed by atoms with Crippen molar-refractivity contribution in [3.8, 4) is 0 Å². The van der Waals surface area contributed by atoms with Gasteiger partial charge in [-0.1, -0.05) is 13.8 Å². The van der Waals surface area contributed by atoms with Crippen LogP contribution in [0, 0.1) is 12.8 Å². The van der Waals surface area contributed by atoms with Crippen LogP contribution in [0.3, 0.4) is 0 Å². The highest BCUT2D eigenvalue weighted by molar-refractivity contribution is 5.47. The number of hydrogen-bond donors (Lipinski definition) is 2. The SMILES string of the molecule is Cc1nc(CC2CCOC2)nc(NN)c1C(C)C. The lowest BCUT2D eigenvalue weighted by atomic mass is 10.0. The number of nitrogens with zero attached hydrogens (tertiary/aromatic N) is 2. The van der Waals surface area contributed by atoms with Gasteiger partial charge in [0.2, 0.25) is 0 Å². The molecule has 0 aliphatic carbocycles. The van der Waals surface area contributed by atoms with E-state index >= 15 is 0 Å². The number of aromatic nitrogens is 2. The highest BCUT2D eigenvalue weighted by atomic mass is 16.5. The molecule has 1 fully saturated rings. The summed E-state index contributed by atoms with van der Waals surface area (Å²) in [6.07, 6.45) is 1.97. The van der Waals surface area contributed by atoms with E-state index in [0.29, 0.717) is 11.8 Å². The van der Waals surface area contributed by atoms with E-state index in [-0.39, 0.29) is 0 Å². The van der Waals surface area contributed by atoms with Crippen molar-refractivity contribution in [1.82, 2.24) is 9.97 Å². The number of hydrogen-bond acceptors (Lipinski definition) is 5. The van der Waals surface area contributed by atoms with Gasteiger partial charge in [0.15, 0.2) is 0 Å². The highest BCUT2D eigenvalue weighted by Gasteiger charge is 2.20. The van der Waals surface area contributed by atoms with Gasteiger partial charge in [-0.05, 0) is 25.2 Å². The number of nitrogen functional groups attached to an aromatic ring is 1. The highest BCUT2D eigenvalue weighted by Crippen LogP contribution is 2.25. The van der Waals surface area contributed by atoms with E-state index in [1.165, 1.54) is 0 Å². The fourth-order valence-corrected chi connectivity index (χ4v) is 2.53. The Balaban J connectivity index is 2.24. The zero-order valence-electron chi connectivity index (χ0n) is 11.4. The van der Waals surface area contributed by atoms with Crippen molar-refractivity contribution in [1.29, 1.82) is 0 Å². The fraction of sp³-hybridized carbons (Fsp3) is 0.692. The summed E-state index contributed by atoms with van der Waals surface area (Å²) in [4.78, 5) is 9.14. The van der Waals surface area contributed by atoms with Gasteiger partial charge in [0.1, 0.15) is 11.6 Å². The monoisotopic (exact) mass is 250 g/mol. The van der Waals surface area contributed by atoms with Crippen molar-refractivity contribution < 1.29 is 4.74 Å². The molecule has 1 atom stereocenters. The number of anilines is 1. The van der Waals surface area contributed by atoms with Gasteiger partial charge in [-0.25, -0.2) is 15.8 Å². The van der Waals surface area contributed by atoms with E-state index in [4.69, 9.17) is 10.6 Å². The van der Waals surface area contributed by atoms with Crippen molar-refractivity contribution >= 4 is 5.82 Å². The minimum absolute atomic E-state index is 0.361. The van der Waals surface area contributed by atoms with Crippen LogP contribution in [0.1, 0.15) is 43.3 Å². The van der Waals surface area contributed by atoms with Crippen LogP contribution in [0.5, 0.6) is 0 Å². The Kier molecular flexibility index (Phi) is 4.14. The molecule has 100 valence electrons. The second kappa shape index (κ2) is 5.63. The van der Waals surface area contributed by atoms with E-state index < -0.39 is 0 Å². The van der Waals surface area contributed by atoms with E-state index in [2.05, 4.69) is 29.2 Å². The molecular formula is C13H22N4O. The van der Waals surface area contributed by atoms with Gasteiger partial charge < -0.3 is 10.2 Å². The first-order chi connectivity index (χ1) is 8.61. The third-order valence-corrected chi connectivity index (χ3v) is 3.39. The molecule has 0 saturated carbocycles. The van der Waals surface area contributed by atoms with Crippen molar-refractivity contribution in [2.45, 2.75) is 39.5 Å². The van der Waals surface area contributed by atoms with Crippen LogP contribution >= 0.6 is 0 Å². The molecule has 1 aliphatic heterocycles. The van der Waals surface area contributed by atoms with Crippen LogP contribution in [0.25, 0.3) is 0 Å². The molecule has 0 spiro atoms. The number of aryl methyl sites for hydroxylation is 1. The minimum atomic E-state index is 0.361. The molecule has 0 bridgehead atoms. The summed E-state index contributed by atoms with van der Waals surface area (Å²) in [6, 6.07) is 0. The number of hydrazine groups is 1. The summed E-state index contributed by atoms with van der Waals surface area (Å²) in [5, 5.41) is 0. The molecular weight excluding hydrogens is 228 g/mol. The Morgan fingerprint density at radius 3 is 2.78 bits per heavy atom. The van der Waals surface area contributed by atoms with Crippen LogP contribution in [0.2, 0.25) is 0 Å². The van der Waals surface area contributed by atoms with Crippen molar-refractivity contribution in [2.24, 2.45) is 11.8 Å². The maximum absolute atomic E-state index is 5.57. The number of nitrogens with one attached hydrogen (secondary N) is 1. The summed E-state index contributed by atoms with van der Waals surface area (Å²) >= 11 is 0. The van der Waals surface area contributed by atoms with Crippen LogP contribution in [-0.2, 0) is 11.2 Å². The molecule has 1 saturated heterocycles. The molecule has 1 unspecified atom stereocenters. The average molecular weight is 250 g/mol. The first kappa shape index (κ1) is 13.2. The van der Waals surface area contributed by atoms with Crippen molar-refractivity contribution in [3.05, 3.63) is 17.1 Å². The van der Waals surface area contributed by atoms with Gasteiger partial charge >= 0.3 is 0 Å². The molecule has 5 heteroatoms. The van der Waals surface area contributed by atoms with Crippen LogP contribution in [0.4, 0.5) is 5.82 Å². The summed E-state index contributed by atoms with van der Waals surface area (Å²) in [5.41, 5.74) is 4.82. The third-order valence-electron chi connectivity index (χ3n) is 3.39. The van der Waals surface area contributed by atoms with E-state index in [0.717, 1.165) is 49.0 Å². The van der Waals surface area contributed by atoms with Gasteiger partial charge in [-0.15, -0.1) is 0 Å². The Morgan fingerprint density at radius 1 is 1.44 bits per heavy atom. The molecule has 0 amide bonds. The zero-order chi connectivity index (χ0) is 13.1. The van der Waals surface area contributed by atoms with Crippen molar-refractivity contribution in [3.63, 3.8) is 0 Å². The normalized spacial score (nSPS) is 19.5. The summed E-state index contributed by atoms with van der Waals surface area (Å²) in [7, 11) is 0. The minimum Gasteiger partial charge on any atom is -0.381 e. The Labute approximate surface area is 108 Å². The number of rotatable bonds is 4. The predicted molar refractivity (Wildman–Crippen MR) is 71.3 cm³/mol. The lowest BCUT2D eigenvalue weighted by Gasteiger charge is -2.16. The molecule has 1 aromatic rings.